The molecule has 1 N–H and O–H groups in total. The van der Waals surface area contributed by atoms with Crippen LogP contribution in [0.1, 0.15) is 40.6 Å². The van der Waals surface area contributed by atoms with Crippen LogP contribution < -0.4 is 10.2 Å². The zero-order valence-electron chi connectivity index (χ0n) is 19.5. The molecule has 1 saturated heterocycles. The third-order valence-electron chi connectivity index (χ3n) is 6.07. The molecule has 0 saturated carbocycles. The third kappa shape index (κ3) is 4.14. The summed E-state index contributed by atoms with van der Waals surface area (Å²) >= 11 is 5.35. The number of hydrogen-bond donors (Lipinski definition) is 1. The molecule has 3 aromatic rings. The van der Waals surface area contributed by atoms with Gasteiger partial charge in [-0.2, -0.15) is 0 Å². The zero-order chi connectivity index (χ0) is 23.9. The van der Waals surface area contributed by atoms with Crippen molar-refractivity contribution in [3.05, 3.63) is 87.7 Å². The molecular weight excluding hydrogens is 430 g/mol. The molecule has 4 rings (SSSR count). The first-order valence-electron chi connectivity index (χ1n) is 11.0. The molecule has 0 unspecified atom stereocenters. The van der Waals surface area contributed by atoms with Gasteiger partial charge in [0, 0.05) is 17.1 Å². The predicted octanol–water partition coefficient (Wildman–Crippen LogP) is 5.10. The summed E-state index contributed by atoms with van der Waals surface area (Å²) in [6, 6.07) is 16.2. The number of nitrogens with zero attached hydrogens (tertiary/aromatic N) is 2. The van der Waals surface area contributed by atoms with Crippen LogP contribution in [0, 0.1) is 27.7 Å². The maximum atomic E-state index is 13.4. The van der Waals surface area contributed by atoms with Crippen molar-refractivity contribution in [1.82, 2.24) is 9.88 Å². The van der Waals surface area contributed by atoms with Crippen molar-refractivity contribution < 1.29 is 9.59 Å². The number of nitrogens with one attached hydrogen (secondary N) is 1. The average molecular weight is 458 g/mol. The van der Waals surface area contributed by atoms with Crippen molar-refractivity contribution in [2.75, 3.05) is 4.90 Å². The second-order valence-electron chi connectivity index (χ2n) is 8.43. The van der Waals surface area contributed by atoms with Gasteiger partial charge in [-0.1, -0.05) is 36.8 Å². The minimum atomic E-state index is -0.483. The number of hydrogen-bond acceptors (Lipinski definition) is 3. The van der Waals surface area contributed by atoms with E-state index in [9.17, 15) is 9.59 Å². The van der Waals surface area contributed by atoms with Gasteiger partial charge in [-0.15, -0.1) is 0 Å². The molecule has 0 bridgehead atoms. The highest BCUT2D eigenvalue weighted by atomic mass is 32.1. The van der Waals surface area contributed by atoms with Crippen molar-refractivity contribution in [1.29, 1.82) is 0 Å². The van der Waals surface area contributed by atoms with Gasteiger partial charge in [0.25, 0.3) is 11.8 Å². The van der Waals surface area contributed by atoms with Crippen molar-refractivity contribution in [3.8, 4) is 5.69 Å². The van der Waals surface area contributed by atoms with E-state index in [1.54, 1.807) is 6.08 Å². The van der Waals surface area contributed by atoms with Crippen molar-refractivity contribution in [3.63, 3.8) is 0 Å². The number of benzene rings is 2. The largest absolute Gasteiger partial charge is 0.318 e. The first-order valence-corrected chi connectivity index (χ1v) is 11.4. The number of carbonyl (C=O) groups excluding carboxylic acids is 2. The molecule has 5 nitrogen and oxygen atoms in total. The molecule has 0 spiro atoms. The summed E-state index contributed by atoms with van der Waals surface area (Å²) in [5.74, 6) is -0.907. The number of aryl methyl sites for hydroxylation is 4. The predicted molar refractivity (Wildman–Crippen MR) is 137 cm³/mol. The Morgan fingerprint density at radius 2 is 1.67 bits per heavy atom. The van der Waals surface area contributed by atoms with Gasteiger partial charge in [-0.05, 0) is 93.4 Å². The van der Waals surface area contributed by atoms with Crippen LogP contribution in [0.15, 0.2) is 54.1 Å². The molecule has 2 heterocycles. The van der Waals surface area contributed by atoms with Crippen molar-refractivity contribution in [2.45, 2.75) is 41.0 Å². The molecule has 1 aromatic heterocycles. The van der Waals surface area contributed by atoms with E-state index in [0.717, 1.165) is 40.2 Å². The molecule has 6 heteroatoms. The summed E-state index contributed by atoms with van der Waals surface area (Å²) in [4.78, 5) is 27.6. The van der Waals surface area contributed by atoms with Gasteiger partial charge in [-0.3, -0.25) is 19.8 Å². The number of thiocarbonyl (C=S) groups is 1. The van der Waals surface area contributed by atoms with Gasteiger partial charge in [0.15, 0.2) is 5.11 Å². The van der Waals surface area contributed by atoms with Crippen LogP contribution in [0.4, 0.5) is 5.69 Å². The van der Waals surface area contributed by atoms with E-state index < -0.39 is 11.8 Å². The highest BCUT2D eigenvalue weighted by Gasteiger charge is 2.35. The van der Waals surface area contributed by atoms with Gasteiger partial charge < -0.3 is 4.57 Å². The Bertz CT molecular complexity index is 1320. The molecule has 0 aliphatic carbocycles. The second-order valence-corrected chi connectivity index (χ2v) is 8.82. The Labute approximate surface area is 199 Å². The second kappa shape index (κ2) is 8.79. The van der Waals surface area contributed by atoms with Gasteiger partial charge in [-0.25, -0.2) is 0 Å². The molecule has 0 radical (unpaired) electrons. The fourth-order valence-electron chi connectivity index (χ4n) is 4.30. The van der Waals surface area contributed by atoms with E-state index >= 15 is 0 Å². The summed E-state index contributed by atoms with van der Waals surface area (Å²) in [7, 11) is 0. The molecule has 33 heavy (non-hydrogen) atoms. The number of carbonyl (C=O) groups is 2. The van der Waals surface area contributed by atoms with Gasteiger partial charge >= 0.3 is 0 Å². The number of aromatic nitrogens is 1. The first kappa shape index (κ1) is 22.7. The Balaban J connectivity index is 1.75. The Morgan fingerprint density at radius 3 is 2.30 bits per heavy atom. The maximum Gasteiger partial charge on any atom is 0.270 e. The summed E-state index contributed by atoms with van der Waals surface area (Å²) in [5, 5.41) is 2.77. The normalized spacial score (nSPS) is 15.4. The molecule has 1 aliphatic rings. The molecule has 1 aliphatic heterocycles. The van der Waals surface area contributed by atoms with E-state index in [-0.39, 0.29) is 10.7 Å². The Morgan fingerprint density at radius 1 is 0.970 bits per heavy atom. The highest BCUT2D eigenvalue weighted by molar-refractivity contribution is 7.80. The maximum absolute atomic E-state index is 13.4. The topological polar surface area (TPSA) is 54.3 Å². The molecule has 2 aromatic carbocycles. The van der Waals surface area contributed by atoms with Crippen LogP contribution >= 0.6 is 12.2 Å². The van der Waals surface area contributed by atoms with Crippen LogP contribution in [0.2, 0.25) is 0 Å². The summed E-state index contributed by atoms with van der Waals surface area (Å²) < 4.78 is 2.13. The van der Waals surface area contributed by atoms with E-state index in [1.807, 2.05) is 52.0 Å². The number of anilines is 1. The Kier molecular flexibility index (Phi) is 6.04. The van der Waals surface area contributed by atoms with Crippen molar-refractivity contribution >= 4 is 40.9 Å². The quantitative estimate of drug-likeness (QED) is 0.337. The molecule has 168 valence electrons. The van der Waals surface area contributed by atoms with Gasteiger partial charge in [0.05, 0.1) is 5.69 Å². The molecule has 1 fully saturated rings. The number of rotatable bonds is 4. The lowest BCUT2D eigenvalue weighted by atomic mass is 10.0. The molecular formula is C27H27N3O2S. The van der Waals surface area contributed by atoms with Crippen LogP contribution in [0.3, 0.4) is 0 Å². The summed E-state index contributed by atoms with van der Waals surface area (Å²) in [5.41, 5.74) is 7.85. The SMILES string of the molecule is CCc1ccc(-n2c(C)cc(/C=C3\C(=O)NC(=S)N(c4ccc(C)cc4C)C3=O)c2C)cc1. The smallest absolute Gasteiger partial charge is 0.270 e. The minimum Gasteiger partial charge on any atom is -0.318 e. The summed E-state index contributed by atoms with van der Waals surface area (Å²) in [6.07, 6.45) is 2.65. The Hall–Kier alpha value is -3.51. The lowest BCUT2D eigenvalue weighted by molar-refractivity contribution is -0.122. The first-order chi connectivity index (χ1) is 15.7. The van der Waals surface area contributed by atoms with Gasteiger partial charge in [0.1, 0.15) is 5.57 Å². The van der Waals surface area contributed by atoms with Crippen LogP contribution in [0.25, 0.3) is 11.8 Å². The van der Waals surface area contributed by atoms with Crippen LogP contribution in [-0.2, 0) is 16.0 Å². The standard InChI is InChI=1S/C27H27N3O2S/c1-6-20-8-10-22(11-9-20)29-18(4)14-21(19(29)5)15-23-25(31)28-27(33)30(26(23)32)24-12-7-16(2)13-17(24)3/h7-15H,6H2,1-5H3,(H,28,31,33)/b23-15+. The number of amides is 2. The fraction of sp³-hybridized carbons (Fsp3) is 0.222. The van der Waals surface area contributed by atoms with Crippen molar-refractivity contribution in [2.24, 2.45) is 0 Å². The third-order valence-corrected chi connectivity index (χ3v) is 6.35. The minimum absolute atomic E-state index is 0.0603. The lowest BCUT2D eigenvalue weighted by Crippen LogP contribution is -2.54. The van der Waals surface area contributed by atoms with E-state index in [0.29, 0.717) is 5.69 Å². The fourth-order valence-corrected chi connectivity index (χ4v) is 4.57. The monoisotopic (exact) mass is 457 g/mol. The molecule has 0 atom stereocenters. The van der Waals surface area contributed by atoms with Gasteiger partial charge in [0.2, 0.25) is 0 Å². The molecule has 2 amide bonds. The van der Waals surface area contributed by atoms with Crippen LogP contribution in [-0.4, -0.2) is 21.5 Å². The summed E-state index contributed by atoms with van der Waals surface area (Å²) in [6.45, 7) is 10.1. The van der Waals surface area contributed by atoms with E-state index in [2.05, 4.69) is 41.1 Å². The highest BCUT2D eigenvalue weighted by Crippen LogP contribution is 2.28. The zero-order valence-corrected chi connectivity index (χ0v) is 20.3. The average Bonchev–Trinajstić information content (AvgIpc) is 3.05. The van der Waals surface area contributed by atoms with Crippen LogP contribution in [0.5, 0.6) is 0 Å². The van der Waals surface area contributed by atoms with E-state index in [1.165, 1.54) is 10.5 Å². The van der Waals surface area contributed by atoms with E-state index in [4.69, 9.17) is 12.2 Å². The lowest BCUT2D eigenvalue weighted by Gasteiger charge is -2.30.